The van der Waals surface area contributed by atoms with Gasteiger partial charge in [0.25, 0.3) is 0 Å². The van der Waals surface area contributed by atoms with Crippen molar-refractivity contribution in [1.29, 1.82) is 0 Å². The van der Waals surface area contributed by atoms with Crippen molar-refractivity contribution in [3.8, 4) is 0 Å². The first-order chi connectivity index (χ1) is 5.97. The van der Waals surface area contributed by atoms with Crippen molar-refractivity contribution in [2.75, 3.05) is 19.3 Å². The second kappa shape index (κ2) is 13.9. The summed E-state index contributed by atoms with van der Waals surface area (Å²) in [5, 5.41) is 3.10. The fourth-order valence-electron chi connectivity index (χ4n) is 0.552. The van der Waals surface area contributed by atoms with Gasteiger partial charge < -0.3 is 9.87 Å². The molecule has 0 spiro atoms. The average Bonchev–Trinajstić information content (AvgIpc) is 2.06. The van der Waals surface area contributed by atoms with Crippen LogP contribution in [0.1, 0.15) is 33.1 Å². The van der Waals surface area contributed by atoms with Gasteiger partial charge in [-0.05, 0) is 20.0 Å². The van der Waals surface area contributed by atoms with E-state index in [1.165, 1.54) is 32.7 Å². The van der Waals surface area contributed by atoms with Crippen molar-refractivity contribution in [2.24, 2.45) is 0 Å². The van der Waals surface area contributed by atoms with Crippen LogP contribution in [0.15, 0.2) is 0 Å². The smallest absolute Gasteiger partial charge is 0.748 e. The Morgan fingerprint density at radius 3 is 1.86 bits per heavy atom. The van der Waals surface area contributed by atoms with Crippen LogP contribution >= 0.6 is 0 Å². The summed E-state index contributed by atoms with van der Waals surface area (Å²) in [5.41, 5.74) is 0. The van der Waals surface area contributed by atoms with Gasteiger partial charge >= 0.3 is 29.6 Å². The first-order valence-corrected chi connectivity index (χ1v) is 6.13. The van der Waals surface area contributed by atoms with E-state index in [4.69, 9.17) is 0 Å². The minimum absolute atomic E-state index is 0. The van der Waals surface area contributed by atoms with Crippen LogP contribution in [0.4, 0.5) is 0 Å². The Hall–Kier alpha value is 0.870. The zero-order valence-electron chi connectivity index (χ0n) is 9.67. The van der Waals surface area contributed by atoms with E-state index in [1.54, 1.807) is 0 Å². The van der Waals surface area contributed by atoms with Crippen LogP contribution in [-0.2, 0) is 10.1 Å². The zero-order valence-corrected chi connectivity index (χ0v) is 12.5. The maximum absolute atomic E-state index is 9.44. The van der Waals surface area contributed by atoms with E-state index < -0.39 is 10.1 Å². The first kappa shape index (κ1) is 20.3. The molecule has 0 saturated carbocycles. The Balaban J connectivity index is -0.000000163. The minimum Gasteiger partial charge on any atom is -0.748 e. The molecule has 0 aliphatic rings. The summed E-state index contributed by atoms with van der Waals surface area (Å²) < 4.78 is 28.3. The molecule has 14 heavy (non-hydrogen) atoms. The topological polar surface area (TPSA) is 69.2 Å². The number of hydrogen-bond acceptors (Lipinski definition) is 4. The molecule has 0 aromatic rings. The number of hydrogen-bond donors (Lipinski definition) is 1. The normalized spacial score (nSPS) is 9.71. The molecule has 0 aliphatic heterocycles. The van der Waals surface area contributed by atoms with Crippen molar-refractivity contribution in [3.63, 3.8) is 0 Å². The van der Waals surface area contributed by atoms with Crippen LogP contribution in [0.25, 0.3) is 0 Å². The molecular formula is C8H20NNaO3S. The number of nitrogens with one attached hydrogen (secondary N) is 1. The Labute approximate surface area is 110 Å². The van der Waals surface area contributed by atoms with Gasteiger partial charge in [0, 0.05) is 5.75 Å². The van der Waals surface area contributed by atoms with Gasteiger partial charge in [0.05, 0.1) is 10.1 Å². The van der Waals surface area contributed by atoms with E-state index in [-0.39, 0.29) is 35.3 Å². The summed E-state index contributed by atoms with van der Waals surface area (Å²) in [7, 11) is -1.92. The molecule has 0 heterocycles. The molecule has 0 atom stereocenters. The van der Waals surface area contributed by atoms with E-state index in [1.807, 2.05) is 7.05 Å². The van der Waals surface area contributed by atoms with E-state index >= 15 is 0 Å². The summed E-state index contributed by atoms with van der Waals surface area (Å²) in [6, 6.07) is 0. The Kier molecular flexibility index (Phi) is 20.1. The summed E-state index contributed by atoms with van der Waals surface area (Å²) in [4.78, 5) is 0. The molecule has 4 nitrogen and oxygen atoms in total. The number of unbranched alkanes of at least 4 members (excludes halogenated alkanes) is 2. The Morgan fingerprint density at radius 2 is 1.64 bits per heavy atom. The second-order valence-electron chi connectivity index (χ2n) is 2.66. The molecule has 0 radical (unpaired) electrons. The summed E-state index contributed by atoms with van der Waals surface area (Å²) in [6.45, 7) is 4.70. The van der Waals surface area contributed by atoms with Crippen LogP contribution in [0.5, 0.6) is 0 Å². The third-order valence-electron chi connectivity index (χ3n) is 1.38. The first-order valence-electron chi connectivity index (χ1n) is 4.56. The van der Waals surface area contributed by atoms with Crippen molar-refractivity contribution in [1.82, 2.24) is 5.32 Å². The van der Waals surface area contributed by atoms with Gasteiger partial charge in [0.2, 0.25) is 0 Å². The third kappa shape index (κ3) is 29.3. The number of rotatable bonds is 5. The van der Waals surface area contributed by atoms with Gasteiger partial charge in [-0.3, -0.25) is 0 Å². The molecule has 0 bridgehead atoms. The molecule has 82 valence electrons. The van der Waals surface area contributed by atoms with Gasteiger partial charge in [-0.1, -0.05) is 26.7 Å². The van der Waals surface area contributed by atoms with Gasteiger partial charge in [-0.25, -0.2) is 8.42 Å². The molecule has 0 rings (SSSR count). The third-order valence-corrected chi connectivity index (χ3v) is 2.09. The molecule has 6 heteroatoms. The largest absolute Gasteiger partial charge is 1.00 e. The molecule has 0 fully saturated rings. The fraction of sp³-hybridized carbons (Fsp3) is 1.00. The Bertz CT molecular complexity index is 179. The second-order valence-corrected chi connectivity index (χ2v) is 4.35. The van der Waals surface area contributed by atoms with Crippen molar-refractivity contribution >= 4 is 10.1 Å². The van der Waals surface area contributed by atoms with Crippen LogP contribution in [0.2, 0.25) is 0 Å². The molecule has 0 aromatic carbocycles. The van der Waals surface area contributed by atoms with Crippen molar-refractivity contribution < 1.29 is 42.5 Å². The molecule has 0 unspecified atom stereocenters. The Morgan fingerprint density at radius 1 is 1.21 bits per heavy atom. The zero-order chi connectivity index (χ0) is 10.7. The maximum Gasteiger partial charge on any atom is 1.00 e. The summed E-state index contributed by atoms with van der Waals surface area (Å²) in [6.07, 6.45) is 4.01. The molecule has 0 aliphatic carbocycles. The molecular weight excluding hydrogens is 213 g/mol. The van der Waals surface area contributed by atoms with Crippen LogP contribution < -0.4 is 34.9 Å². The van der Waals surface area contributed by atoms with Gasteiger partial charge in [-0.2, -0.15) is 0 Å². The van der Waals surface area contributed by atoms with E-state index in [2.05, 4.69) is 12.2 Å². The molecule has 0 saturated heterocycles. The van der Waals surface area contributed by atoms with Crippen molar-refractivity contribution in [2.45, 2.75) is 33.1 Å². The minimum atomic E-state index is -3.91. The average molecular weight is 233 g/mol. The van der Waals surface area contributed by atoms with Gasteiger partial charge in [-0.15, -0.1) is 0 Å². The predicted octanol–water partition coefficient (Wildman–Crippen LogP) is -2.05. The van der Waals surface area contributed by atoms with E-state index in [0.29, 0.717) is 0 Å². The van der Waals surface area contributed by atoms with Crippen LogP contribution in [0.3, 0.4) is 0 Å². The van der Waals surface area contributed by atoms with E-state index in [0.717, 1.165) is 0 Å². The monoisotopic (exact) mass is 233 g/mol. The molecule has 1 N–H and O–H groups in total. The summed E-state index contributed by atoms with van der Waals surface area (Å²) >= 11 is 0. The quantitative estimate of drug-likeness (QED) is 0.337. The SMILES string of the molecule is CCCCCNC.CCS(=O)(=O)[O-].[Na+]. The fourth-order valence-corrected chi connectivity index (χ4v) is 0.552. The molecule has 0 amide bonds. The molecule has 0 aromatic heterocycles. The van der Waals surface area contributed by atoms with Gasteiger partial charge in [0.15, 0.2) is 0 Å². The van der Waals surface area contributed by atoms with Crippen molar-refractivity contribution in [3.05, 3.63) is 0 Å². The van der Waals surface area contributed by atoms with E-state index in [9.17, 15) is 13.0 Å². The maximum atomic E-state index is 9.44. The standard InChI is InChI=1S/C6H15N.C2H6O3S.Na/c1-3-4-5-6-7-2;1-2-6(3,4)5;/h7H,3-6H2,1-2H3;2H2,1H3,(H,3,4,5);/q;;+1/p-1. The van der Waals surface area contributed by atoms with Gasteiger partial charge in [0.1, 0.15) is 0 Å². The summed E-state index contributed by atoms with van der Waals surface area (Å²) in [5.74, 6) is -0.312. The van der Waals surface area contributed by atoms with Crippen LogP contribution in [-0.4, -0.2) is 32.3 Å². The van der Waals surface area contributed by atoms with Crippen LogP contribution in [0, 0.1) is 0 Å². The predicted molar refractivity (Wildman–Crippen MR) is 53.7 cm³/mol.